The molecule has 0 saturated heterocycles. The third-order valence-corrected chi connectivity index (χ3v) is 5.90. The molecule has 0 aromatic heterocycles. The zero-order valence-corrected chi connectivity index (χ0v) is 23.5. The van der Waals surface area contributed by atoms with E-state index in [4.69, 9.17) is 17.2 Å². The summed E-state index contributed by atoms with van der Waals surface area (Å²) in [6.07, 6.45) is -0.257. The molecule has 0 bridgehead atoms. The van der Waals surface area contributed by atoms with Crippen LogP contribution in [0.4, 0.5) is 0 Å². The topological polar surface area (TPSA) is 281 Å². The van der Waals surface area contributed by atoms with Crippen LogP contribution in [-0.4, -0.2) is 89.0 Å². The average Bonchev–Trinajstić information content (AvgIpc) is 2.91. The van der Waals surface area contributed by atoms with Crippen LogP contribution in [0.3, 0.4) is 0 Å². The Morgan fingerprint density at radius 3 is 2.05 bits per heavy atom. The van der Waals surface area contributed by atoms with E-state index in [1.165, 1.54) is 0 Å². The first kappa shape index (κ1) is 35.3. The summed E-state index contributed by atoms with van der Waals surface area (Å²) in [5.74, 6) is -6.61. The lowest BCUT2D eigenvalue weighted by molar-refractivity contribution is -0.144. The smallest absolute Gasteiger partial charge is 0.326 e. The molecule has 4 atom stereocenters. The number of carbonyl (C=O) groups excluding carboxylic acids is 4. The minimum absolute atomic E-state index is 0.0479. The fraction of sp³-hybridized carbons (Fsp3) is 0.500. The van der Waals surface area contributed by atoms with E-state index in [0.29, 0.717) is 12.0 Å². The van der Waals surface area contributed by atoms with E-state index in [1.54, 1.807) is 44.2 Å². The number of hydrogen-bond acceptors (Lipinski definition) is 8. The second-order valence-electron chi connectivity index (χ2n) is 9.81. The molecule has 4 amide bonds. The number of nitrogens with one attached hydrogen (secondary N) is 4. The molecule has 4 unspecified atom stereocenters. The molecular formula is C26H40N8O8. The predicted molar refractivity (Wildman–Crippen MR) is 152 cm³/mol. The molecule has 0 spiro atoms. The van der Waals surface area contributed by atoms with Gasteiger partial charge in [-0.1, -0.05) is 44.2 Å². The van der Waals surface area contributed by atoms with Crippen LogP contribution < -0.4 is 38.5 Å². The third kappa shape index (κ3) is 13.6. The second-order valence-corrected chi connectivity index (χ2v) is 9.81. The van der Waals surface area contributed by atoms with E-state index in [0.717, 1.165) is 0 Å². The van der Waals surface area contributed by atoms with Gasteiger partial charge in [-0.2, -0.15) is 0 Å². The number of guanidine groups is 1. The molecule has 0 heterocycles. The number of nitrogens with two attached hydrogens (primary N) is 3. The van der Waals surface area contributed by atoms with Gasteiger partial charge in [0.05, 0.1) is 19.0 Å². The molecule has 16 heteroatoms. The Labute approximate surface area is 242 Å². The number of carboxylic acids is 2. The Morgan fingerprint density at radius 2 is 1.50 bits per heavy atom. The fourth-order valence-electron chi connectivity index (χ4n) is 3.68. The maximum Gasteiger partial charge on any atom is 0.326 e. The number of nitrogens with zero attached hydrogens (tertiary/aromatic N) is 1. The quantitative estimate of drug-likeness (QED) is 0.0484. The predicted octanol–water partition coefficient (Wildman–Crippen LogP) is -2.60. The number of aliphatic carboxylic acids is 2. The number of rotatable bonds is 18. The summed E-state index contributed by atoms with van der Waals surface area (Å²) in [6, 6.07) is 3.40. The largest absolute Gasteiger partial charge is 0.481 e. The molecule has 0 aliphatic carbocycles. The third-order valence-electron chi connectivity index (χ3n) is 5.90. The van der Waals surface area contributed by atoms with Crippen molar-refractivity contribution in [2.24, 2.45) is 28.1 Å². The highest BCUT2D eigenvalue weighted by Crippen LogP contribution is 2.08. The summed E-state index contributed by atoms with van der Waals surface area (Å²) >= 11 is 0. The zero-order chi connectivity index (χ0) is 31.8. The maximum atomic E-state index is 13.1. The number of carboxylic acid groups (broad SMARTS) is 2. The first-order valence-corrected chi connectivity index (χ1v) is 13.2. The molecule has 42 heavy (non-hydrogen) atoms. The van der Waals surface area contributed by atoms with E-state index in [-0.39, 0.29) is 25.3 Å². The Bertz CT molecular complexity index is 1120. The van der Waals surface area contributed by atoms with Gasteiger partial charge in [-0.3, -0.25) is 29.0 Å². The van der Waals surface area contributed by atoms with E-state index in [9.17, 15) is 39.0 Å². The normalized spacial score (nSPS) is 13.5. The molecule has 0 fully saturated rings. The lowest BCUT2D eigenvalue weighted by Crippen LogP contribution is -2.58. The first-order valence-electron chi connectivity index (χ1n) is 13.2. The van der Waals surface area contributed by atoms with Gasteiger partial charge in [-0.25, -0.2) is 4.79 Å². The SMILES string of the molecule is CC(C)C(NC(=O)C(Cc1ccccc1)NC(=O)C(CC(=O)O)NC(=O)CNC(=O)C(N)CCCN=C(N)N)C(=O)O. The van der Waals surface area contributed by atoms with Gasteiger partial charge in [0.1, 0.15) is 18.1 Å². The van der Waals surface area contributed by atoms with Crippen LogP contribution in [0.2, 0.25) is 0 Å². The van der Waals surface area contributed by atoms with Gasteiger partial charge in [0.2, 0.25) is 23.6 Å². The molecule has 0 saturated carbocycles. The second kappa shape index (κ2) is 17.9. The highest BCUT2D eigenvalue weighted by molar-refractivity contribution is 5.96. The van der Waals surface area contributed by atoms with Crippen molar-refractivity contribution in [2.45, 2.75) is 63.7 Å². The lowest BCUT2D eigenvalue weighted by atomic mass is 10.0. The monoisotopic (exact) mass is 592 g/mol. The zero-order valence-electron chi connectivity index (χ0n) is 23.5. The molecule has 1 aromatic rings. The van der Waals surface area contributed by atoms with Crippen LogP contribution in [0.1, 0.15) is 38.7 Å². The van der Waals surface area contributed by atoms with Crippen molar-refractivity contribution in [1.29, 1.82) is 0 Å². The molecule has 1 aromatic carbocycles. The number of hydrogen-bond donors (Lipinski definition) is 9. The van der Waals surface area contributed by atoms with Gasteiger partial charge in [-0.05, 0) is 24.3 Å². The van der Waals surface area contributed by atoms with Crippen molar-refractivity contribution in [3.63, 3.8) is 0 Å². The standard InChI is InChI=1S/C26H40N8O8/c1-14(2)21(25(41)42)34-24(40)17(11-15-7-4-3-5-8-15)33-23(39)18(12-20(36)37)32-19(35)13-31-22(38)16(27)9-6-10-30-26(28)29/h3-5,7-8,14,16-18,21H,6,9-13,27H2,1-2H3,(H,31,38)(H,32,35)(H,33,39)(H,34,40)(H,36,37)(H,41,42)(H4,28,29,30). The van der Waals surface area contributed by atoms with Crippen LogP contribution in [0.15, 0.2) is 35.3 Å². The first-order chi connectivity index (χ1) is 19.7. The van der Waals surface area contributed by atoms with Crippen molar-refractivity contribution in [1.82, 2.24) is 21.3 Å². The van der Waals surface area contributed by atoms with Crippen LogP contribution >= 0.6 is 0 Å². The minimum Gasteiger partial charge on any atom is -0.481 e. The highest BCUT2D eigenvalue weighted by atomic mass is 16.4. The molecule has 12 N–H and O–H groups in total. The Kier molecular flexibility index (Phi) is 15.0. The molecular weight excluding hydrogens is 552 g/mol. The van der Waals surface area contributed by atoms with Gasteiger partial charge in [0.15, 0.2) is 5.96 Å². The molecule has 0 aliphatic rings. The highest BCUT2D eigenvalue weighted by Gasteiger charge is 2.32. The molecule has 232 valence electrons. The van der Waals surface area contributed by atoms with Crippen LogP contribution in [0.5, 0.6) is 0 Å². The Morgan fingerprint density at radius 1 is 0.881 bits per heavy atom. The summed E-state index contributed by atoms with van der Waals surface area (Å²) in [5.41, 5.74) is 16.9. The van der Waals surface area contributed by atoms with Gasteiger partial charge >= 0.3 is 11.9 Å². The van der Waals surface area contributed by atoms with Gasteiger partial charge in [0.25, 0.3) is 0 Å². The summed E-state index contributed by atoms with van der Waals surface area (Å²) in [6.45, 7) is 2.85. The van der Waals surface area contributed by atoms with E-state index < -0.39 is 78.6 Å². The molecule has 1 rings (SSSR count). The van der Waals surface area contributed by atoms with Crippen molar-refractivity contribution < 1.29 is 39.0 Å². The number of benzene rings is 1. The summed E-state index contributed by atoms with van der Waals surface area (Å²) in [7, 11) is 0. The number of amides is 4. The van der Waals surface area contributed by atoms with Crippen molar-refractivity contribution in [3.05, 3.63) is 35.9 Å². The van der Waals surface area contributed by atoms with E-state index in [1.807, 2.05) is 0 Å². The number of carbonyl (C=O) groups is 6. The van der Waals surface area contributed by atoms with Crippen LogP contribution in [-0.2, 0) is 35.2 Å². The maximum absolute atomic E-state index is 13.1. The minimum atomic E-state index is -1.62. The van der Waals surface area contributed by atoms with Crippen molar-refractivity contribution >= 4 is 41.5 Å². The molecule has 0 radical (unpaired) electrons. The lowest BCUT2D eigenvalue weighted by Gasteiger charge is -2.25. The number of aliphatic imine (C=N–C) groups is 1. The Hall–Kier alpha value is -4.73. The van der Waals surface area contributed by atoms with Crippen LogP contribution in [0, 0.1) is 5.92 Å². The van der Waals surface area contributed by atoms with Crippen molar-refractivity contribution in [2.75, 3.05) is 13.1 Å². The van der Waals surface area contributed by atoms with Crippen molar-refractivity contribution in [3.8, 4) is 0 Å². The van der Waals surface area contributed by atoms with E-state index in [2.05, 4.69) is 26.3 Å². The van der Waals surface area contributed by atoms with Gasteiger partial charge in [0, 0.05) is 13.0 Å². The van der Waals surface area contributed by atoms with Crippen LogP contribution in [0.25, 0.3) is 0 Å². The molecule has 0 aliphatic heterocycles. The average molecular weight is 593 g/mol. The summed E-state index contributed by atoms with van der Waals surface area (Å²) in [4.78, 5) is 77.6. The van der Waals surface area contributed by atoms with Gasteiger partial charge in [-0.15, -0.1) is 0 Å². The summed E-state index contributed by atoms with van der Waals surface area (Å²) in [5, 5.41) is 28.1. The van der Waals surface area contributed by atoms with Gasteiger partial charge < -0.3 is 48.7 Å². The summed E-state index contributed by atoms with van der Waals surface area (Å²) < 4.78 is 0. The fourth-order valence-corrected chi connectivity index (χ4v) is 3.68. The van der Waals surface area contributed by atoms with E-state index >= 15 is 0 Å². The Balaban J connectivity index is 2.93. The molecule has 16 nitrogen and oxygen atoms in total.